The molecule has 7 aromatic carbocycles. The fourth-order valence-electron chi connectivity index (χ4n) is 7.70. The zero-order valence-corrected chi connectivity index (χ0v) is 27.7. The van der Waals surface area contributed by atoms with Crippen LogP contribution >= 0.6 is 11.3 Å². The number of hydrogen-bond donors (Lipinski definition) is 0. The van der Waals surface area contributed by atoms with Gasteiger partial charge in [-0.05, 0) is 95.4 Å². The van der Waals surface area contributed by atoms with Crippen LogP contribution in [-0.4, -0.2) is 4.57 Å². The number of rotatable bonds is 5. The molecule has 0 radical (unpaired) electrons. The molecule has 2 heterocycles. The Labute approximate surface area is 289 Å². The number of hydrogen-bond acceptors (Lipinski definition) is 2. The third-order valence-corrected chi connectivity index (χ3v) is 11.2. The average molecular weight is 645 g/mol. The normalized spacial score (nSPS) is 13.2. The van der Waals surface area contributed by atoms with Gasteiger partial charge in [0.05, 0.1) is 21.4 Å². The molecule has 2 nitrogen and oxygen atoms in total. The Bertz CT molecular complexity index is 2720. The molecular formula is C46H32N2S. The highest BCUT2D eigenvalue weighted by Gasteiger charge is 2.20. The number of para-hydroxylation sites is 2. The summed E-state index contributed by atoms with van der Waals surface area (Å²) in [7, 11) is 0. The Hall–Kier alpha value is -5.90. The summed E-state index contributed by atoms with van der Waals surface area (Å²) in [5.41, 5.74) is 9.85. The van der Waals surface area contributed by atoms with E-state index < -0.39 is 0 Å². The van der Waals surface area contributed by atoms with Crippen molar-refractivity contribution in [3.8, 4) is 16.8 Å². The van der Waals surface area contributed by atoms with Crippen LogP contribution in [0.25, 0.3) is 69.6 Å². The van der Waals surface area contributed by atoms with Gasteiger partial charge in [0, 0.05) is 43.3 Å². The molecule has 0 atom stereocenters. The van der Waals surface area contributed by atoms with Crippen LogP contribution < -0.4 is 4.90 Å². The largest absolute Gasteiger partial charge is 0.313 e. The topological polar surface area (TPSA) is 8.17 Å². The highest BCUT2D eigenvalue weighted by atomic mass is 32.1. The van der Waals surface area contributed by atoms with Crippen LogP contribution in [-0.2, 0) is 0 Å². The molecule has 9 aromatic rings. The molecule has 0 aliphatic heterocycles. The highest BCUT2D eigenvalue weighted by Crippen LogP contribution is 2.44. The van der Waals surface area contributed by atoms with Gasteiger partial charge in [-0.3, -0.25) is 0 Å². The zero-order valence-electron chi connectivity index (χ0n) is 26.9. The first-order valence-corrected chi connectivity index (χ1v) is 17.8. The summed E-state index contributed by atoms with van der Waals surface area (Å²) >= 11 is 1.89. The molecule has 0 spiro atoms. The lowest BCUT2D eigenvalue weighted by Gasteiger charge is -2.29. The third-order valence-electron chi connectivity index (χ3n) is 10.0. The van der Waals surface area contributed by atoms with Crippen molar-refractivity contribution in [2.75, 3.05) is 4.90 Å². The van der Waals surface area contributed by atoms with Gasteiger partial charge in [0.15, 0.2) is 0 Å². The maximum absolute atomic E-state index is 2.47. The summed E-state index contributed by atoms with van der Waals surface area (Å²) < 4.78 is 5.05. The van der Waals surface area contributed by atoms with Crippen molar-refractivity contribution >= 4 is 75.5 Å². The molecule has 232 valence electrons. The van der Waals surface area contributed by atoms with Crippen molar-refractivity contribution in [3.05, 3.63) is 176 Å². The van der Waals surface area contributed by atoms with Gasteiger partial charge in [0.1, 0.15) is 0 Å². The molecule has 2 aromatic heterocycles. The van der Waals surface area contributed by atoms with E-state index >= 15 is 0 Å². The minimum absolute atomic E-state index is 1.01. The lowest BCUT2D eigenvalue weighted by atomic mass is 10.00. The summed E-state index contributed by atoms with van der Waals surface area (Å²) in [5.74, 6) is 0. The number of fused-ring (bicyclic) bond motifs is 7. The quantitative estimate of drug-likeness (QED) is 0.181. The standard InChI is InChI=1S/C46H32N2S/c1-2-11-35(12-3-1)47(44-19-10-16-41-40-15-6-9-20-45(40)49-46(41)44)36-26-23-31(24-27-36)32-21-22-34-30-37(28-25-33(34)29-32)48-42-17-7-4-13-38(42)39-14-5-8-18-43(39)48/h1-2,4-11,13-30H,3,12H2. The monoisotopic (exact) mass is 644 g/mol. The van der Waals surface area contributed by atoms with Gasteiger partial charge in [-0.25, -0.2) is 0 Å². The molecular weight excluding hydrogens is 613 g/mol. The first-order chi connectivity index (χ1) is 24.3. The predicted molar refractivity (Wildman–Crippen MR) is 212 cm³/mol. The van der Waals surface area contributed by atoms with Crippen LogP contribution in [0, 0.1) is 0 Å². The maximum atomic E-state index is 2.47. The number of benzene rings is 7. The molecule has 1 aliphatic carbocycles. The van der Waals surface area contributed by atoms with Gasteiger partial charge < -0.3 is 9.47 Å². The molecule has 0 N–H and O–H groups in total. The van der Waals surface area contributed by atoms with Crippen molar-refractivity contribution in [2.45, 2.75) is 12.8 Å². The van der Waals surface area contributed by atoms with Crippen LogP contribution in [0.3, 0.4) is 0 Å². The summed E-state index contributed by atoms with van der Waals surface area (Å²) in [4.78, 5) is 2.47. The summed E-state index contributed by atoms with van der Waals surface area (Å²) in [6.45, 7) is 0. The van der Waals surface area contributed by atoms with E-state index in [0.717, 1.165) is 12.8 Å². The lowest BCUT2D eigenvalue weighted by Crippen LogP contribution is -2.17. The number of allylic oxidation sites excluding steroid dienone is 4. The molecule has 0 unspecified atom stereocenters. The highest BCUT2D eigenvalue weighted by molar-refractivity contribution is 7.26. The maximum Gasteiger partial charge on any atom is 0.0637 e. The Balaban J connectivity index is 1.03. The molecule has 0 bridgehead atoms. The predicted octanol–water partition coefficient (Wildman–Crippen LogP) is 13.3. The zero-order chi connectivity index (χ0) is 32.3. The van der Waals surface area contributed by atoms with Gasteiger partial charge >= 0.3 is 0 Å². The van der Waals surface area contributed by atoms with Gasteiger partial charge in [0.2, 0.25) is 0 Å². The second-order valence-electron chi connectivity index (χ2n) is 12.9. The van der Waals surface area contributed by atoms with E-state index in [-0.39, 0.29) is 0 Å². The van der Waals surface area contributed by atoms with Crippen molar-refractivity contribution in [1.29, 1.82) is 0 Å². The van der Waals surface area contributed by atoms with Crippen LogP contribution in [0.4, 0.5) is 11.4 Å². The fraction of sp³-hybridized carbons (Fsp3) is 0.0435. The van der Waals surface area contributed by atoms with Crippen LogP contribution in [0.2, 0.25) is 0 Å². The number of aromatic nitrogens is 1. The first-order valence-electron chi connectivity index (χ1n) is 17.0. The van der Waals surface area contributed by atoms with Gasteiger partial charge in [-0.2, -0.15) is 0 Å². The second kappa shape index (κ2) is 11.4. The number of anilines is 2. The summed E-state index contributed by atoms with van der Waals surface area (Å²) in [6, 6.07) is 55.7. The minimum Gasteiger partial charge on any atom is -0.313 e. The van der Waals surface area contributed by atoms with Gasteiger partial charge in [0.25, 0.3) is 0 Å². The van der Waals surface area contributed by atoms with Crippen molar-refractivity contribution in [2.24, 2.45) is 0 Å². The molecule has 0 amide bonds. The number of thiophene rings is 1. The Morgan fingerprint density at radius 1 is 0.551 bits per heavy atom. The Morgan fingerprint density at radius 2 is 1.22 bits per heavy atom. The molecule has 3 heteroatoms. The molecule has 0 saturated carbocycles. The second-order valence-corrected chi connectivity index (χ2v) is 13.9. The van der Waals surface area contributed by atoms with Crippen LogP contribution in [0.15, 0.2) is 176 Å². The van der Waals surface area contributed by atoms with Crippen LogP contribution in [0.1, 0.15) is 12.8 Å². The molecule has 0 fully saturated rings. The molecule has 49 heavy (non-hydrogen) atoms. The molecule has 10 rings (SSSR count). The van der Waals surface area contributed by atoms with E-state index in [4.69, 9.17) is 0 Å². The van der Waals surface area contributed by atoms with Gasteiger partial charge in [-0.15, -0.1) is 11.3 Å². The van der Waals surface area contributed by atoms with Crippen molar-refractivity contribution in [1.82, 2.24) is 4.57 Å². The first kappa shape index (κ1) is 28.1. The molecule has 1 aliphatic rings. The minimum atomic E-state index is 1.01. The third kappa shape index (κ3) is 4.62. The molecule has 0 saturated heterocycles. The van der Waals surface area contributed by atoms with E-state index in [1.807, 2.05) is 11.3 Å². The van der Waals surface area contributed by atoms with E-state index in [1.165, 1.54) is 86.6 Å². The fourth-order valence-corrected chi connectivity index (χ4v) is 8.91. The summed E-state index contributed by atoms with van der Waals surface area (Å²) in [6.07, 6.45) is 8.81. The Kier molecular flexibility index (Phi) is 6.53. The SMILES string of the molecule is C1=CCCC(N(c2ccc(-c3ccc4cc(-n5c6ccccc6c6ccccc65)ccc4c3)cc2)c2cccc3c2sc2ccccc23)=C1. The Morgan fingerprint density at radius 3 is 2.00 bits per heavy atom. The van der Waals surface area contributed by atoms with Crippen molar-refractivity contribution in [3.63, 3.8) is 0 Å². The smallest absolute Gasteiger partial charge is 0.0637 e. The number of nitrogens with zero attached hydrogens (tertiary/aromatic N) is 2. The van der Waals surface area contributed by atoms with Crippen LogP contribution in [0.5, 0.6) is 0 Å². The van der Waals surface area contributed by atoms with Gasteiger partial charge in [-0.1, -0.05) is 109 Å². The van der Waals surface area contributed by atoms with E-state index in [1.54, 1.807) is 0 Å². The lowest BCUT2D eigenvalue weighted by molar-refractivity contribution is 0.920. The van der Waals surface area contributed by atoms with E-state index in [2.05, 4.69) is 179 Å². The van der Waals surface area contributed by atoms with E-state index in [9.17, 15) is 0 Å². The van der Waals surface area contributed by atoms with Crippen molar-refractivity contribution < 1.29 is 0 Å². The average Bonchev–Trinajstić information content (AvgIpc) is 3.72. The summed E-state index contributed by atoms with van der Waals surface area (Å²) in [5, 5.41) is 7.70. The van der Waals surface area contributed by atoms with E-state index in [0.29, 0.717) is 0 Å².